The zero-order valence-corrected chi connectivity index (χ0v) is 11.7. The maximum atomic E-state index is 12.2. The summed E-state index contributed by atoms with van der Waals surface area (Å²) in [5, 5.41) is 7.65. The first-order chi connectivity index (χ1) is 8.58. The Morgan fingerprint density at radius 3 is 2.83 bits per heavy atom. The first-order valence-corrected chi connectivity index (χ1v) is 6.95. The van der Waals surface area contributed by atoms with Crippen molar-refractivity contribution >= 4 is 17.3 Å². The number of hydrogen-bond donors (Lipinski definition) is 1. The number of halogens is 1. The van der Waals surface area contributed by atoms with Crippen LogP contribution in [-0.2, 0) is 6.54 Å². The van der Waals surface area contributed by atoms with Crippen molar-refractivity contribution in [1.82, 2.24) is 9.78 Å². The van der Waals surface area contributed by atoms with E-state index in [1.807, 2.05) is 0 Å². The van der Waals surface area contributed by atoms with Crippen LogP contribution in [0.4, 0.5) is 5.69 Å². The van der Waals surface area contributed by atoms with E-state index in [1.54, 1.807) is 10.9 Å². The van der Waals surface area contributed by atoms with Crippen molar-refractivity contribution < 1.29 is 0 Å². The quantitative estimate of drug-likeness (QED) is 0.894. The highest BCUT2D eigenvalue weighted by Crippen LogP contribution is 2.27. The summed E-state index contributed by atoms with van der Waals surface area (Å²) in [5.74, 6) is 1.07. The minimum atomic E-state index is -0.102. The Morgan fingerprint density at radius 1 is 1.56 bits per heavy atom. The van der Waals surface area contributed by atoms with E-state index in [-0.39, 0.29) is 5.56 Å². The van der Waals surface area contributed by atoms with Gasteiger partial charge in [-0.15, -0.1) is 0 Å². The lowest BCUT2D eigenvalue weighted by Crippen LogP contribution is -2.31. The van der Waals surface area contributed by atoms with Crippen LogP contribution < -0.4 is 10.9 Å². The lowest BCUT2D eigenvalue weighted by molar-refractivity contribution is 0.262. The number of hydrogen-bond acceptors (Lipinski definition) is 3. The van der Waals surface area contributed by atoms with Gasteiger partial charge in [0.05, 0.1) is 11.2 Å². The van der Waals surface area contributed by atoms with Gasteiger partial charge in [0.2, 0.25) is 0 Å². The molecule has 1 aromatic heterocycles. The average Bonchev–Trinajstić information content (AvgIpc) is 2.25. The molecule has 2 rings (SSSR count). The first kappa shape index (κ1) is 13.4. The number of anilines is 1. The highest BCUT2D eigenvalue weighted by atomic mass is 35.5. The van der Waals surface area contributed by atoms with Gasteiger partial charge in [-0.2, -0.15) is 5.10 Å². The van der Waals surface area contributed by atoms with Gasteiger partial charge < -0.3 is 5.32 Å². The van der Waals surface area contributed by atoms with E-state index in [0.29, 0.717) is 29.1 Å². The lowest BCUT2D eigenvalue weighted by atomic mass is 9.85. The van der Waals surface area contributed by atoms with Gasteiger partial charge in [-0.1, -0.05) is 31.9 Å². The summed E-state index contributed by atoms with van der Waals surface area (Å²) in [4.78, 5) is 12.2. The summed E-state index contributed by atoms with van der Waals surface area (Å²) in [6.45, 7) is 5.64. The molecule has 0 radical (unpaired) electrons. The van der Waals surface area contributed by atoms with Crippen LogP contribution in [0.1, 0.15) is 33.1 Å². The minimum absolute atomic E-state index is 0.102. The maximum Gasteiger partial charge on any atom is 0.291 e. The molecule has 1 aliphatic rings. The van der Waals surface area contributed by atoms with E-state index < -0.39 is 0 Å². The van der Waals surface area contributed by atoms with Crippen LogP contribution >= 0.6 is 11.6 Å². The molecular formula is C13H20ClN3O. The first-order valence-electron chi connectivity index (χ1n) is 6.57. The lowest BCUT2D eigenvalue weighted by Gasteiger charge is -2.25. The molecule has 1 aliphatic carbocycles. The molecule has 0 unspecified atom stereocenters. The van der Waals surface area contributed by atoms with Gasteiger partial charge in [0.1, 0.15) is 5.69 Å². The maximum absolute atomic E-state index is 12.2. The molecule has 4 nitrogen and oxygen atoms in total. The molecule has 0 saturated heterocycles. The molecule has 18 heavy (non-hydrogen) atoms. The van der Waals surface area contributed by atoms with Gasteiger partial charge >= 0.3 is 0 Å². The molecule has 1 aromatic rings. The van der Waals surface area contributed by atoms with Crippen molar-refractivity contribution in [3.63, 3.8) is 0 Å². The van der Waals surface area contributed by atoms with Gasteiger partial charge in [0.15, 0.2) is 0 Å². The Balaban J connectivity index is 2.16. The van der Waals surface area contributed by atoms with E-state index in [0.717, 1.165) is 6.54 Å². The second-order valence-corrected chi connectivity index (χ2v) is 5.83. The molecule has 0 bridgehead atoms. The minimum Gasteiger partial charge on any atom is -0.379 e. The van der Waals surface area contributed by atoms with Crippen LogP contribution in [0, 0.1) is 11.8 Å². The monoisotopic (exact) mass is 269 g/mol. The summed E-state index contributed by atoms with van der Waals surface area (Å²) >= 11 is 6.03. The van der Waals surface area contributed by atoms with Crippen LogP contribution in [0.15, 0.2) is 11.0 Å². The zero-order chi connectivity index (χ0) is 13.1. The second-order valence-electron chi connectivity index (χ2n) is 5.43. The molecule has 0 spiro atoms. The number of aromatic nitrogens is 2. The van der Waals surface area contributed by atoms with Gasteiger partial charge in [0, 0.05) is 13.1 Å². The van der Waals surface area contributed by atoms with Gasteiger partial charge in [-0.05, 0) is 24.7 Å². The van der Waals surface area contributed by atoms with E-state index in [1.165, 1.54) is 19.3 Å². The van der Waals surface area contributed by atoms with Gasteiger partial charge in [-0.3, -0.25) is 4.79 Å². The van der Waals surface area contributed by atoms with Crippen LogP contribution in [0.5, 0.6) is 0 Å². The largest absolute Gasteiger partial charge is 0.379 e. The predicted octanol–water partition coefficient (Wildman–Crippen LogP) is 2.76. The van der Waals surface area contributed by atoms with Crippen LogP contribution in [0.3, 0.4) is 0 Å². The van der Waals surface area contributed by atoms with E-state index in [4.69, 9.17) is 11.6 Å². The van der Waals surface area contributed by atoms with Crippen molar-refractivity contribution in [3.8, 4) is 0 Å². The van der Waals surface area contributed by atoms with Crippen molar-refractivity contribution in [1.29, 1.82) is 0 Å². The summed E-state index contributed by atoms with van der Waals surface area (Å²) in [6, 6.07) is 0. The topological polar surface area (TPSA) is 46.9 Å². The van der Waals surface area contributed by atoms with Crippen molar-refractivity contribution in [2.24, 2.45) is 11.8 Å². The average molecular weight is 270 g/mol. The molecule has 1 N–H and O–H groups in total. The van der Waals surface area contributed by atoms with E-state index >= 15 is 0 Å². The molecule has 0 atom stereocenters. The summed E-state index contributed by atoms with van der Waals surface area (Å²) in [5.41, 5.74) is 0.384. The molecule has 0 amide bonds. The SMILES string of the molecule is CC(C)CNc1c(Cl)cnn(CC2CCC2)c1=O. The van der Waals surface area contributed by atoms with Gasteiger partial charge in [0.25, 0.3) is 5.56 Å². The van der Waals surface area contributed by atoms with Crippen LogP contribution in [0.2, 0.25) is 5.02 Å². The van der Waals surface area contributed by atoms with Crippen LogP contribution in [0.25, 0.3) is 0 Å². The highest BCUT2D eigenvalue weighted by Gasteiger charge is 2.20. The highest BCUT2D eigenvalue weighted by molar-refractivity contribution is 6.32. The summed E-state index contributed by atoms with van der Waals surface area (Å²) < 4.78 is 1.54. The third-order valence-electron chi connectivity index (χ3n) is 3.34. The Kier molecular flexibility index (Phi) is 4.27. The number of nitrogens with one attached hydrogen (secondary N) is 1. The Morgan fingerprint density at radius 2 is 2.28 bits per heavy atom. The summed E-state index contributed by atoms with van der Waals surface area (Å²) in [7, 11) is 0. The Labute approximate surface area is 112 Å². The Hall–Kier alpha value is -1.03. The fraction of sp³-hybridized carbons (Fsp3) is 0.692. The Bertz CT molecular complexity index is 466. The molecular weight excluding hydrogens is 250 g/mol. The fourth-order valence-electron chi connectivity index (χ4n) is 1.98. The molecule has 1 heterocycles. The predicted molar refractivity (Wildman–Crippen MR) is 74.2 cm³/mol. The summed E-state index contributed by atoms with van der Waals surface area (Å²) in [6.07, 6.45) is 5.23. The standard InChI is InChI=1S/C13H20ClN3O/c1-9(2)6-15-12-11(14)7-16-17(13(12)18)8-10-4-3-5-10/h7,9-10,15H,3-6,8H2,1-2H3. The fourth-order valence-corrected chi connectivity index (χ4v) is 2.18. The van der Waals surface area contributed by atoms with Gasteiger partial charge in [-0.25, -0.2) is 4.68 Å². The smallest absolute Gasteiger partial charge is 0.291 e. The molecule has 1 fully saturated rings. The van der Waals surface area contributed by atoms with Crippen molar-refractivity contribution in [2.45, 2.75) is 39.7 Å². The van der Waals surface area contributed by atoms with E-state index in [9.17, 15) is 4.79 Å². The molecule has 0 aliphatic heterocycles. The third kappa shape index (κ3) is 3.05. The molecule has 0 aromatic carbocycles. The molecule has 1 saturated carbocycles. The van der Waals surface area contributed by atoms with E-state index in [2.05, 4.69) is 24.3 Å². The molecule has 5 heteroatoms. The zero-order valence-electron chi connectivity index (χ0n) is 10.9. The molecule has 100 valence electrons. The van der Waals surface area contributed by atoms with Crippen LogP contribution in [-0.4, -0.2) is 16.3 Å². The van der Waals surface area contributed by atoms with Crippen molar-refractivity contribution in [3.05, 3.63) is 21.6 Å². The normalized spacial score (nSPS) is 15.8. The number of nitrogens with zero attached hydrogens (tertiary/aromatic N) is 2. The van der Waals surface area contributed by atoms with Crippen molar-refractivity contribution in [2.75, 3.05) is 11.9 Å². The number of rotatable bonds is 5. The second kappa shape index (κ2) is 5.74. The third-order valence-corrected chi connectivity index (χ3v) is 3.63.